The number of hydroxylamine groups is 2. The van der Waals surface area contributed by atoms with Crippen LogP contribution >= 0.6 is 0 Å². The van der Waals surface area contributed by atoms with E-state index in [9.17, 15) is 14.4 Å². The topological polar surface area (TPSA) is 127 Å². The summed E-state index contributed by atoms with van der Waals surface area (Å²) in [5.74, 6) is -1.68. The summed E-state index contributed by atoms with van der Waals surface area (Å²) in [5.41, 5.74) is 5.27. The first-order chi connectivity index (χ1) is 12.1. The first-order valence-corrected chi connectivity index (χ1v) is 8.22. The summed E-state index contributed by atoms with van der Waals surface area (Å²) < 4.78 is 20.9. The number of nitrogens with two attached hydrogens (primary N) is 1. The van der Waals surface area contributed by atoms with E-state index in [1.54, 1.807) is 0 Å². The van der Waals surface area contributed by atoms with Crippen LogP contribution in [0.4, 0.5) is 0 Å². The number of imide groups is 1. The highest BCUT2D eigenvalue weighted by molar-refractivity contribution is 6.01. The van der Waals surface area contributed by atoms with Crippen molar-refractivity contribution in [1.29, 1.82) is 0 Å². The van der Waals surface area contributed by atoms with Gasteiger partial charge < -0.3 is 29.5 Å². The molecule has 1 rings (SSSR count). The highest BCUT2D eigenvalue weighted by Gasteiger charge is 2.32. The molecule has 0 radical (unpaired) electrons. The van der Waals surface area contributed by atoms with E-state index in [1.807, 2.05) is 0 Å². The Morgan fingerprint density at radius 2 is 1.24 bits per heavy atom. The molecule has 1 heterocycles. The summed E-state index contributed by atoms with van der Waals surface area (Å²) in [4.78, 5) is 38.7. The van der Waals surface area contributed by atoms with Gasteiger partial charge in [-0.25, -0.2) is 4.79 Å². The minimum atomic E-state index is -0.685. The summed E-state index contributed by atoms with van der Waals surface area (Å²) >= 11 is 0. The molecule has 0 aromatic heterocycles. The molecule has 0 aliphatic carbocycles. The van der Waals surface area contributed by atoms with Crippen LogP contribution in [0.25, 0.3) is 0 Å². The molecule has 1 saturated heterocycles. The molecule has 1 fully saturated rings. The van der Waals surface area contributed by atoms with Crippen molar-refractivity contribution in [3.8, 4) is 0 Å². The molecule has 25 heavy (non-hydrogen) atoms. The Balaban J connectivity index is 1.84. The van der Waals surface area contributed by atoms with E-state index in [1.165, 1.54) is 0 Å². The van der Waals surface area contributed by atoms with Crippen LogP contribution < -0.4 is 5.73 Å². The van der Waals surface area contributed by atoms with Gasteiger partial charge in [-0.1, -0.05) is 0 Å². The number of carbonyl (C=O) groups excluding carboxylic acids is 3. The molecule has 0 bridgehead atoms. The van der Waals surface area contributed by atoms with Crippen molar-refractivity contribution in [3.63, 3.8) is 0 Å². The highest BCUT2D eigenvalue weighted by atomic mass is 16.7. The normalized spacial score (nSPS) is 14.4. The molecule has 10 nitrogen and oxygen atoms in total. The van der Waals surface area contributed by atoms with E-state index in [-0.39, 0.29) is 25.9 Å². The molecule has 0 atom stereocenters. The van der Waals surface area contributed by atoms with Gasteiger partial charge in [0, 0.05) is 19.4 Å². The molecular formula is C15H26N2O8. The van der Waals surface area contributed by atoms with Gasteiger partial charge in [0.15, 0.2) is 0 Å². The van der Waals surface area contributed by atoms with Crippen molar-refractivity contribution in [2.75, 3.05) is 59.4 Å². The van der Waals surface area contributed by atoms with Gasteiger partial charge in [0.05, 0.1) is 59.3 Å². The summed E-state index contributed by atoms with van der Waals surface area (Å²) in [5, 5.41) is 0.520. The average Bonchev–Trinajstić information content (AvgIpc) is 2.91. The number of rotatable bonds is 15. The molecular weight excluding hydrogens is 336 g/mol. The predicted octanol–water partition coefficient (Wildman–Crippen LogP) is -0.991. The first kappa shape index (κ1) is 21.5. The van der Waals surface area contributed by atoms with Gasteiger partial charge in [0.1, 0.15) is 0 Å². The van der Waals surface area contributed by atoms with E-state index in [2.05, 4.69) is 0 Å². The fraction of sp³-hybridized carbons (Fsp3) is 0.800. The zero-order valence-corrected chi connectivity index (χ0v) is 14.3. The van der Waals surface area contributed by atoms with Crippen molar-refractivity contribution < 1.29 is 38.2 Å². The van der Waals surface area contributed by atoms with Crippen molar-refractivity contribution in [2.45, 2.75) is 19.3 Å². The molecule has 0 spiro atoms. The minimum absolute atomic E-state index is 0.0526. The number of amides is 2. The second-order valence-electron chi connectivity index (χ2n) is 5.03. The van der Waals surface area contributed by atoms with Crippen LogP contribution in [0.3, 0.4) is 0 Å². The van der Waals surface area contributed by atoms with Crippen LogP contribution in [0.5, 0.6) is 0 Å². The maximum Gasteiger partial charge on any atom is 0.335 e. The van der Waals surface area contributed by atoms with Crippen LogP contribution in [0.2, 0.25) is 0 Å². The van der Waals surface area contributed by atoms with Gasteiger partial charge in [-0.2, -0.15) is 0 Å². The first-order valence-electron chi connectivity index (χ1n) is 8.22. The summed E-state index contributed by atoms with van der Waals surface area (Å²) in [6.45, 7) is 3.70. The van der Waals surface area contributed by atoms with Gasteiger partial charge in [-0.15, -0.1) is 5.06 Å². The molecule has 2 N–H and O–H groups in total. The summed E-state index contributed by atoms with van der Waals surface area (Å²) in [6, 6.07) is 0. The monoisotopic (exact) mass is 362 g/mol. The lowest BCUT2D eigenvalue weighted by Gasteiger charge is -2.12. The van der Waals surface area contributed by atoms with E-state index in [0.717, 1.165) is 0 Å². The Labute approximate surface area is 146 Å². The maximum atomic E-state index is 11.5. The largest absolute Gasteiger partial charge is 0.378 e. The van der Waals surface area contributed by atoms with Crippen LogP contribution in [0.15, 0.2) is 0 Å². The van der Waals surface area contributed by atoms with Gasteiger partial charge in [0.25, 0.3) is 11.8 Å². The Kier molecular flexibility index (Phi) is 11.7. The van der Waals surface area contributed by atoms with Crippen molar-refractivity contribution in [2.24, 2.45) is 5.73 Å². The van der Waals surface area contributed by atoms with Gasteiger partial charge in [-0.3, -0.25) is 9.59 Å². The smallest absolute Gasteiger partial charge is 0.335 e. The second-order valence-corrected chi connectivity index (χ2v) is 5.03. The number of nitrogens with zero attached hydrogens (tertiary/aromatic N) is 1. The summed E-state index contributed by atoms with van der Waals surface area (Å²) in [6.07, 6.45) is 0.0950. The Morgan fingerprint density at radius 1 is 0.800 bits per heavy atom. The quantitative estimate of drug-likeness (QED) is 0.288. The lowest BCUT2D eigenvalue weighted by Crippen LogP contribution is -2.32. The van der Waals surface area contributed by atoms with Crippen LogP contribution in [-0.2, 0) is 38.2 Å². The maximum absolute atomic E-state index is 11.5. The standard InChI is InChI=1S/C15H26N2O8/c16-4-6-22-8-10-24-12-11-23-9-7-21-5-3-15(20)25-17-13(18)1-2-14(17)19/h1-12,16H2. The number of carbonyl (C=O) groups is 3. The van der Waals surface area contributed by atoms with E-state index >= 15 is 0 Å². The second kappa shape index (κ2) is 13.7. The molecule has 1 aliphatic heterocycles. The lowest BCUT2D eigenvalue weighted by atomic mass is 10.4. The van der Waals surface area contributed by atoms with Gasteiger partial charge >= 0.3 is 5.97 Å². The third kappa shape index (κ3) is 10.1. The van der Waals surface area contributed by atoms with E-state index in [0.29, 0.717) is 57.9 Å². The van der Waals surface area contributed by atoms with Crippen molar-refractivity contribution in [1.82, 2.24) is 5.06 Å². The number of hydrogen-bond acceptors (Lipinski definition) is 9. The minimum Gasteiger partial charge on any atom is -0.378 e. The van der Waals surface area contributed by atoms with Crippen LogP contribution in [-0.4, -0.2) is 82.2 Å². The molecule has 0 unspecified atom stereocenters. The number of ether oxygens (including phenoxy) is 4. The molecule has 0 aromatic rings. The fourth-order valence-electron chi connectivity index (χ4n) is 1.81. The van der Waals surface area contributed by atoms with Crippen molar-refractivity contribution >= 4 is 17.8 Å². The Hall–Kier alpha value is -1.59. The highest BCUT2D eigenvalue weighted by Crippen LogP contribution is 2.12. The summed E-state index contributed by atoms with van der Waals surface area (Å²) in [7, 11) is 0. The fourth-order valence-corrected chi connectivity index (χ4v) is 1.81. The van der Waals surface area contributed by atoms with Crippen molar-refractivity contribution in [3.05, 3.63) is 0 Å². The molecule has 2 amide bonds. The molecule has 0 saturated carbocycles. The molecule has 144 valence electrons. The average molecular weight is 362 g/mol. The van der Waals surface area contributed by atoms with Gasteiger partial charge in [-0.05, 0) is 0 Å². The van der Waals surface area contributed by atoms with Crippen LogP contribution in [0, 0.1) is 0 Å². The zero-order chi connectivity index (χ0) is 18.3. The van der Waals surface area contributed by atoms with E-state index in [4.69, 9.17) is 29.5 Å². The molecule has 1 aliphatic rings. The third-order valence-electron chi connectivity index (χ3n) is 3.03. The SMILES string of the molecule is NCCOCCOCCOCCOCCC(=O)ON1C(=O)CCC1=O. The van der Waals surface area contributed by atoms with E-state index < -0.39 is 17.8 Å². The van der Waals surface area contributed by atoms with Crippen LogP contribution in [0.1, 0.15) is 19.3 Å². The Bertz CT molecular complexity index is 402. The lowest BCUT2D eigenvalue weighted by molar-refractivity contribution is -0.198. The molecule has 0 aromatic carbocycles. The third-order valence-corrected chi connectivity index (χ3v) is 3.03. The van der Waals surface area contributed by atoms with Gasteiger partial charge in [0.2, 0.25) is 0 Å². The number of hydrogen-bond donors (Lipinski definition) is 1. The predicted molar refractivity (Wildman–Crippen MR) is 84.1 cm³/mol. The Morgan fingerprint density at radius 3 is 1.72 bits per heavy atom. The zero-order valence-electron chi connectivity index (χ0n) is 14.3. The molecule has 10 heteroatoms.